The van der Waals surface area contributed by atoms with Crippen molar-refractivity contribution in [2.24, 2.45) is 11.8 Å². The second-order valence-corrected chi connectivity index (χ2v) is 6.29. The molecule has 0 radical (unpaired) electrons. The first kappa shape index (κ1) is 14.8. The average Bonchev–Trinajstić information content (AvgIpc) is 3.24. The molecular formula is C15H27NO3. The van der Waals surface area contributed by atoms with E-state index in [0.29, 0.717) is 18.6 Å². The number of hydrogen-bond acceptors (Lipinski definition) is 4. The van der Waals surface area contributed by atoms with Crippen LogP contribution in [0.25, 0.3) is 0 Å². The highest BCUT2D eigenvalue weighted by Gasteiger charge is 2.42. The molecule has 2 fully saturated rings. The van der Waals surface area contributed by atoms with Crippen LogP contribution >= 0.6 is 0 Å². The van der Waals surface area contributed by atoms with Gasteiger partial charge in [0.15, 0.2) is 0 Å². The van der Waals surface area contributed by atoms with Gasteiger partial charge in [0.2, 0.25) is 0 Å². The van der Waals surface area contributed by atoms with E-state index in [4.69, 9.17) is 4.74 Å². The zero-order chi connectivity index (χ0) is 13.9. The fourth-order valence-electron chi connectivity index (χ4n) is 3.21. The monoisotopic (exact) mass is 269 g/mol. The van der Waals surface area contributed by atoms with Crippen LogP contribution in [0.1, 0.15) is 52.4 Å². The molecular weight excluding hydrogens is 242 g/mol. The zero-order valence-corrected chi connectivity index (χ0v) is 12.2. The smallest absolute Gasteiger partial charge is 0.308 e. The number of carbonyl (C=O) groups is 1. The third kappa shape index (κ3) is 3.69. The maximum absolute atomic E-state index is 11.7. The van der Waals surface area contributed by atoms with Crippen molar-refractivity contribution >= 4 is 5.97 Å². The molecule has 110 valence electrons. The summed E-state index contributed by atoms with van der Waals surface area (Å²) in [6, 6.07) is 0.434. The Kier molecular flexibility index (Phi) is 4.85. The standard InChI is InChI=1S/C15H27NO3/c1-3-19-14(18)11-4-8-13(9-5-11)16-15(2,10-17)12-6-7-12/h11-13,16-17H,3-10H2,1-2H3. The number of aliphatic hydroxyl groups is 1. The minimum atomic E-state index is -0.124. The van der Waals surface area contributed by atoms with Gasteiger partial charge in [-0.3, -0.25) is 4.79 Å². The van der Waals surface area contributed by atoms with Gasteiger partial charge < -0.3 is 15.2 Å². The van der Waals surface area contributed by atoms with E-state index in [0.717, 1.165) is 25.7 Å². The molecule has 2 N–H and O–H groups in total. The van der Waals surface area contributed by atoms with E-state index in [2.05, 4.69) is 12.2 Å². The molecule has 0 aromatic rings. The maximum Gasteiger partial charge on any atom is 0.308 e. The van der Waals surface area contributed by atoms with Crippen molar-refractivity contribution in [3.05, 3.63) is 0 Å². The van der Waals surface area contributed by atoms with Crippen LogP contribution in [0.3, 0.4) is 0 Å². The molecule has 1 atom stereocenters. The Morgan fingerprint density at radius 1 is 1.26 bits per heavy atom. The number of aliphatic hydroxyl groups excluding tert-OH is 1. The van der Waals surface area contributed by atoms with Crippen molar-refractivity contribution in [3.8, 4) is 0 Å². The molecule has 0 saturated heterocycles. The van der Waals surface area contributed by atoms with Gasteiger partial charge in [-0.15, -0.1) is 0 Å². The fourth-order valence-corrected chi connectivity index (χ4v) is 3.21. The van der Waals surface area contributed by atoms with Crippen molar-refractivity contribution in [1.29, 1.82) is 0 Å². The summed E-state index contributed by atoms with van der Waals surface area (Å²) in [5.74, 6) is 0.674. The number of ether oxygens (including phenoxy) is 1. The van der Waals surface area contributed by atoms with E-state index >= 15 is 0 Å². The predicted octanol–water partition coefficient (Wildman–Crippen LogP) is 1.86. The lowest BCUT2D eigenvalue weighted by molar-refractivity contribution is -0.149. The molecule has 2 aliphatic carbocycles. The Morgan fingerprint density at radius 3 is 2.37 bits per heavy atom. The Balaban J connectivity index is 1.78. The van der Waals surface area contributed by atoms with Gasteiger partial charge in [0.05, 0.1) is 19.1 Å². The van der Waals surface area contributed by atoms with E-state index in [9.17, 15) is 9.90 Å². The quantitative estimate of drug-likeness (QED) is 0.723. The molecule has 0 bridgehead atoms. The Morgan fingerprint density at radius 2 is 1.89 bits per heavy atom. The largest absolute Gasteiger partial charge is 0.466 e. The van der Waals surface area contributed by atoms with Crippen LogP contribution in [0.5, 0.6) is 0 Å². The molecule has 4 nitrogen and oxygen atoms in total. The van der Waals surface area contributed by atoms with Crippen LogP contribution < -0.4 is 5.32 Å². The van der Waals surface area contributed by atoms with Crippen molar-refractivity contribution < 1.29 is 14.6 Å². The van der Waals surface area contributed by atoms with Crippen LogP contribution in [0.15, 0.2) is 0 Å². The highest BCUT2D eigenvalue weighted by atomic mass is 16.5. The first-order chi connectivity index (χ1) is 9.09. The normalized spacial score (nSPS) is 30.7. The summed E-state index contributed by atoms with van der Waals surface area (Å²) >= 11 is 0. The predicted molar refractivity (Wildman–Crippen MR) is 73.7 cm³/mol. The van der Waals surface area contributed by atoms with Crippen LogP contribution in [0, 0.1) is 11.8 Å². The summed E-state index contributed by atoms with van der Waals surface area (Å²) in [4.78, 5) is 11.7. The van der Waals surface area contributed by atoms with E-state index in [1.165, 1.54) is 12.8 Å². The molecule has 4 heteroatoms. The van der Waals surface area contributed by atoms with Crippen molar-refractivity contribution in [3.63, 3.8) is 0 Å². The molecule has 2 saturated carbocycles. The maximum atomic E-state index is 11.7. The lowest BCUT2D eigenvalue weighted by atomic mass is 9.84. The third-order valence-corrected chi connectivity index (χ3v) is 4.69. The van der Waals surface area contributed by atoms with Gasteiger partial charge in [0.1, 0.15) is 0 Å². The highest BCUT2D eigenvalue weighted by molar-refractivity contribution is 5.72. The van der Waals surface area contributed by atoms with E-state index in [-0.39, 0.29) is 24.0 Å². The Bertz CT molecular complexity index is 309. The molecule has 1 unspecified atom stereocenters. The number of carbonyl (C=O) groups excluding carboxylic acids is 1. The summed E-state index contributed by atoms with van der Waals surface area (Å²) < 4.78 is 5.09. The van der Waals surface area contributed by atoms with E-state index in [1.54, 1.807) is 0 Å². The summed E-state index contributed by atoms with van der Waals surface area (Å²) in [5, 5.41) is 13.2. The topological polar surface area (TPSA) is 58.6 Å². The van der Waals surface area contributed by atoms with Gasteiger partial charge in [-0.05, 0) is 58.3 Å². The average molecular weight is 269 g/mol. The van der Waals surface area contributed by atoms with Crippen molar-refractivity contribution in [2.75, 3.05) is 13.2 Å². The first-order valence-corrected chi connectivity index (χ1v) is 7.64. The molecule has 2 aliphatic rings. The van der Waals surface area contributed by atoms with Crippen molar-refractivity contribution in [1.82, 2.24) is 5.32 Å². The van der Waals surface area contributed by atoms with Crippen LogP contribution in [-0.4, -0.2) is 35.9 Å². The Labute approximate surface area is 115 Å². The van der Waals surface area contributed by atoms with E-state index in [1.807, 2.05) is 6.92 Å². The second-order valence-electron chi connectivity index (χ2n) is 6.29. The van der Waals surface area contributed by atoms with Gasteiger partial charge in [0, 0.05) is 11.6 Å². The molecule has 0 aliphatic heterocycles. The lowest BCUT2D eigenvalue weighted by Gasteiger charge is -2.37. The van der Waals surface area contributed by atoms with Crippen molar-refractivity contribution in [2.45, 2.75) is 64.0 Å². The lowest BCUT2D eigenvalue weighted by Crippen LogP contribution is -2.53. The van der Waals surface area contributed by atoms with Crippen LogP contribution in [-0.2, 0) is 9.53 Å². The van der Waals surface area contributed by atoms with Crippen LogP contribution in [0.2, 0.25) is 0 Å². The third-order valence-electron chi connectivity index (χ3n) is 4.69. The molecule has 0 heterocycles. The van der Waals surface area contributed by atoms with Gasteiger partial charge in [-0.25, -0.2) is 0 Å². The SMILES string of the molecule is CCOC(=O)C1CCC(NC(C)(CO)C2CC2)CC1. The molecule has 0 aromatic carbocycles. The van der Waals surface area contributed by atoms with Gasteiger partial charge in [-0.2, -0.15) is 0 Å². The minimum Gasteiger partial charge on any atom is -0.466 e. The molecule has 0 spiro atoms. The summed E-state index contributed by atoms with van der Waals surface area (Å²) in [5.41, 5.74) is -0.124. The van der Waals surface area contributed by atoms with Gasteiger partial charge in [-0.1, -0.05) is 0 Å². The highest BCUT2D eigenvalue weighted by Crippen LogP contribution is 2.40. The summed E-state index contributed by atoms with van der Waals surface area (Å²) in [6.07, 6.45) is 6.27. The molecule has 0 amide bonds. The first-order valence-electron chi connectivity index (χ1n) is 7.64. The number of rotatable bonds is 6. The molecule has 19 heavy (non-hydrogen) atoms. The molecule has 0 aromatic heterocycles. The van der Waals surface area contributed by atoms with E-state index < -0.39 is 0 Å². The van der Waals surface area contributed by atoms with Gasteiger partial charge >= 0.3 is 5.97 Å². The summed E-state index contributed by atoms with van der Waals surface area (Å²) in [6.45, 7) is 4.66. The number of hydrogen-bond donors (Lipinski definition) is 2. The van der Waals surface area contributed by atoms with Gasteiger partial charge in [0.25, 0.3) is 0 Å². The zero-order valence-electron chi connectivity index (χ0n) is 12.2. The van der Waals surface area contributed by atoms with Crippen LogP contribution in [0.4, 0.5) is 0 Å². The number of esters is 1. The molecule has 2 rings (SSSR count). The summed E-state index contributed by atoms with van der Waals surface area (Å²) in [7, 11) is 0. The Hall–Kier alpha value is -0.610. The second kappa shape index (κ2) is 6.23. The minimum absolute atomic E-state index is 0.0342. The number of nitrogens with one attached hydrogen (secondary N) is 1. The fraction of sp³-hybridized carbons (Fsp3) is 0.933.